The van der Waals surface area contributed by atoms with Crippen molar-refractivity contribution in [3.63, 3.8) is 0 Å². The van der Waals surface area contributed by atoms with Gasteiger partial charge in [0.15, 0.2) is 19.5 Å². The van der Waals surface area contributed by atoms with Crippen LogP contribution in [0.3, 0.4) is 0 Å². The molecule has 1 saturated heterocycles. The number of ether oxygens (including phenoxy) is 3. The Morgan fingerprint density at radius 3 is 2.62 bits per heavy atom. The van der Waals surface area contributed by atoms with Crippen LogP contribution in [0.1, 0.15) is 18.4 Å². The molecule has 0 radical (unpaired) electrons. The van der Waals surface area contributed by atoms with Crippen LogP contribution < -0.4 is 19.8 Å². The average Bonchev–Trinajstić information content (AvgIpc) is 2.88. The molecule has 3 aromatic rings. The highest BCUT2D eigenvalue weighted by atomic mass is 16.6. The summed E-state index contributed by atoms with van der Waals surface area (Å²) in [6.45, 7) is 5.60. The third kappa shape index (κ3) is 4.90. The van der Waals surface area contributed by atoms with Crippen LogP contribution in [0.4, 0.5) is 0 Å². The van der Waals surface area contributed by atoms with Gasteiger partial charge in [0.05, 0.1) is 7.11 Å². The number of hydrogen-bond acceptors (Lipinski definition) is 7. The van der Waals surface area contributed by atoms with Gasteiger partial charge in [-0.1, -0.05) is 6.07 Å². The van der Waals surface area contributed by atoms with Gasteiger partial charge in [0.25, 0.3) is 5.56 Å². The van der Waals surface area contributed by atoms with Crippen LogP contribution in [-0.4, -0.2) is 73.2 Å². The first-order valence-corrected chi connectivity index (χ1v) is 12.0. The number of hydrogen-bond donors (Lipinski definition) is 0. The minimum Gasteiger partial charge on any atom is -0.486 e. The third-order valence-corrected chi connectivity index (χ3v) is 6.87. The molecule has 0 spiro atoms. The zero-order chi connectivity index (χ0) is 23.5. The van der Waals surface area contributed by atoms with Crippen molar-refractivity contribution in [1.29, 1.82) is 0 Å². The van der Waals surface area contributed by atoms with Crippen LogP contribution in [0.5, 0.6) is 17.4 Å². The minimum atomic E-state index is -0.0256. The first kappa shape index (κ1) is 22.7. The molecule has 5 rings (SSSR count). The Labute approximate surface area is 200 Å². The van der Waals surface area contributed by atoms with Gasteiger partial charge in [0.2, 0.25) is 5.88 Å². The van der Waals surface area contributed by atoms with Gasteiger partial charge in [0, 0.05) is 43.2 Å². The van der Waals surface area contributed by atoms with E-state index in [1.807, 2.05) is 24.3 Å². The molecule has 2 aromatic heterocycles. The number of benzene rings is 1. The van der Waals surface area contributed by atoms with E-state index in [1.165, 1.54) is 5.56 Å². The quantitative estimate of drug-likeness (QED) is 0.495. The molecule has 0 N–H and O–H groups in total. The minimum absolute atomic E-state index is 0.0256. The number of nitrogens with zero attached hydrogens (tertiary/aromatic N) is 4. The fraction of sp³-hybridized carbons (Fsp3) is 0.440. The number of pyridine rings is 2. The maximum absolute atomic E-state index is 12.6. The highest BCUT2D eigenvalue weighted by molar-refractivity contribution is 6.04. The van der Waals surface area contributed by atoms with Crippen molar-refractivity contribution >= 4 is 19.0 Å². The molecule has 0 bridgehead atoms. The van der Waals surface area contributed by atoms with Gasteiger partial charge in [-0.2, -0.15) is 4.98 Å². The number of methoxy groups -OCH3 is 1. The molecule has 34 heavy (non-hydrogen) atoms. The monoisotopic (exact) mass is 462 g/mol. The van der Waals surface area contributed by atoms with E-state index in [1.54, 1.807) is 17.7 Å². The summed E-state index contributed by atoms with van der Waals surface area (Å²) in [5.74, 6) is 2.21. The summed E-state index contributed by atoms with van der Waals surface area (Å²) in [5.41, 5.74) is 1.90. The lowest BCUT2D eigenvalue weighted by molar-refractivity contribution is 0.153. The van der Waals surface area contributed by atoms with E-state index in [2.05, 4.69) is 34.8 Å². The second-order valence-corrected chi connectivity index (χ2v) is 9.06. The van der Waals surface area contributed by atoms with Crippen molar-refractivity contribution in [2.75, 3.05) is 40.0 Å². The summed E-state index contributed by atoms with van der Waals surface area (Å²) in [5, 5.41) is 0.944. The molecule has 2 aliphatic rings. The zero-order valence-electron chi connectivity index (χ0n) is 19.9. The highest BCUT2D eigenvalue weighted by Gasteiger charge is 2.23. The number of likely N-dealkylation sites (tertiary alicyclic amines) is 1. The van der Waals surface area contributed by atoms with E-state index in [9.17, 15) is 4.79 Å². The predicted octanol–water partition coefficient (Wildman–Crippen LogP) is 1.69. The van der Waals surface area contributed by atoms with Crippen LogP contribution in [-0.2, 0) is 13.1 Å². The van der Waals surface area contributed by atoms with Gasteiger partial charge in [-0.3, -0.25) is 9.36 Å². The molecule has 2 aliphatic heterocycles. The Morgan fingerprint density at radius 1 is 1.06 bits per heavy atom. The van der Waals surface area contributed by atoms with Crippen LogP contribution in [0.15, 0.2) is 47.3 Å². The second-order valence-electron chi connectivity index (χ2n) is 9.06. The van der Waals surface area contributed by atoms with E-state index in [-0.39, 0.29) is 5.56 Å². The Morgan fingerprint density at radius 2 is 1.82 bits per heavy atom. The lowest BCUT2D eigenvalue weighted by Crippen LogP contribution is -2.44. The lowest BCUT2D eigenvalue weighted by Gasteiger charge is -2.37. The van der Waals surface area contributed by atoms with Crippen LogP contribution >= 0.6 is 0 Å². The molecule has 1 fully saturated rings. The zero-order valence-corrected chi connectivity index (χ0v) is 19.9. The average molecular weight is 462 g/mol. The molecule has 4 heterocycles. The van der Waals surface area contributed by atoms with E-state index in [0.29, 0.717) is 37.3 Å². The molecule has 0 amide bonds. The number of rotatable bonds is 7. The molecule has 178 valence electrons. The van der Waals surface area contributed by atoms with Gasteiger partial charge >= 0.3 is 0 Å². The van der Waals surface area contributed by atoms with Gasteiger partial charge in [-0.25, -0.2) is 0 Å². The fourth-order valence-electron chi connectivity index (χ4n) is 4.90. The number of piperidine rings is 1. The third-order valence-electron chi connectivity index (χ3n) is 6.87. The summed E-state index contributed by atoms with van der Waals surface area (Å²) in [6.07, 6.45) is 2.22. The molecular formula is C25H31BN4O4. The Hall–Kier alpha value is -3.04. The maximum atomic E-state index is 12.6. The molecular weight excluding hydrogens is 431 g/mol. The van der Waals surface area contributed by atoms with E-state index in [4.69, 9.17) is 14.2 Å². The van der Waals surface area contributed by atoms with Crippen LogP contribution in [0.25, 0.3) is 11.0 Å². The van der Waals surface area contributed by atoms with E-state index >= 15 is 0 Å². The van der Waals surface area contributed by atoms with Gasteiger partial charge in [-0.15, -0.1) is 0 Å². The largest absolute Gasteiger partial charge is 0.486 e. The van der Waals surface area contributed by atoms with Gasteiger partial charge in [-0.05, 0) is 55.8 Å². The first-order chi connectivity index (χ1) is 16.6. The summed E-state index contributed by atoms with van der Waals surface area (Å²) >= 11 is 0. The van der Waals surface area contributed by atoms with Crippen molar-refractivity contribution in [3.8, 4) is 17.4 Å². The van der Waals surface area contributed by atoms with Gasteiger partial charge < -0.3 is 23.9 Å². The molecule has 8 nitrogen and oxygen atoms in total. The second kappa shape index (κ2) is 10.1. The van der Waals surface area contributed by atoms with Crippen molar-refractivity contribution < 1.29 is 14.2 Å². The fourth-order valence-corrected chi connectivity index (χ4v) is 4.90. The summed E-state index contributed by atoms with van der Waals surface area (Å²) in [6, 6.07) is 14.0. The molecule has 0 atom stereocenters. The van der Waals surface area contributed by atoms with Crippen molar-refractivity contribution in [3.05, 3.63) is 58.4 Å². The van der Waals surface area contributed by atoms with Crippen molar-refractivity contribution in [2.24, 2.45) is 0 Å². The Kier molecular flexibility index (Phi) is 6.74. The lowest BCUT2D eigenvalue weighted by atomic mass is 9.99. The number of fused-ring (bicyclic) bond motifs is 2. The summed E-state index contributed by atoms with van der Waals surface area (Å²) in [7, 11) is 3.79. The SMILES string of the molecule is BN(Cc1ccc2c(c1)OCCO2)C1CCN(CCn2c(=O)ccc3ccc(OC)nc32)CC1. The molecule has 0 aliphatic carbocycles. The van der Waals surface area contributed by atoms with Crippen molar-refractivity contribution in [1.82, 2.24) is 19.3 Å². The van der Waals surface area contributed by atoms with Gasteiger partial charge in [0.1, 0.15) is 18.9 Å². The normalized spacial score (nSPS) is 16.8. The smallest absolute Gasteiger partial charge is 0.252 e. The Balaban J connectivity index is 1.16. The number of aromatic nitrogens is 2. The topological polar surface area (TPSA) is 69.1 Å². The van der Waals surface area contributed by atoms with Crippen molar-refractivity contribution in [2.45, 2.75) is 32.0 Å². The van der Waals surface area contributed by atoms with Crippen LogP contribution in [0, 0.1) is 0 Å². The molecule has 1 aromatic carbocycles. The molecule has 0 saturated carbocycles. The highest BCUT2D eigenvalue weighted by Crippen LogP contribution is 2.31. The Bertz CT molecular complexity index is 1210. The van der Waals surface area contributed by atoms with E-state index < -0.39 is 0 Å². The van der Waals surface area contributed by atoms with Crippen LogP contribution in [0.2, 0.25) is 0 Å². The standard InChI is InChI=1S/C25H31BN4O4/c1-32-23-6-3-19-4-7-24(31)29(25(19)27-23)13-12-28-10-8-20(9-11-28)30(26)17-18-2-5-21-22(16-18)34-15-14-33-21/h2-7,16,20H,8-15,17,26H2,1H3. The maximum Gasteiger partial charge on any atom is 0.252 e. The summed E-state index contributed by atoms with van der Waals surface area (Å²) < 4.78 is 18.4. The molecule has 9 heteroatoms. The first-order valence-electron chi connectivity index (χ1n) is 12.0. The summed E-state index contributed by atoms with van der Waals surface area (Å²) in [4.78, 5) is 22.0. The predicted molar refractivity (Wildman–Crippen MR) is 134 cm³/mol. The molecule has 0 unspecified atom stereocenters. The van der Waals surface area contributed by atoms with E-state index in [0.717, 1.165) is 55.9 Å².